The van der Waals surface area contributed by atoms with Crippen LogP contribution in [-0.4, -0.2) is 89.5 Å². The molecule has 0 radical (unpaired) electrons. The average Bonchev–Trinajstić information content (AvgIpc) is 3.07. The summed E-state index contributed by atoms with van der Waals surface area (Å²) < 4.78 is 26.0. The lowest BCUT2D eigenvalue weighted by atomic mass is 10.0. The highest BCUT2D eigenvalue weighted by molar-refractivity contribution is 6.02. The smallest absolute Gasteiger partial charge is 0.335 e. The molecule has 0 saturated heterocycles. The Morgan fingerprint density at radius 2 is 1.69 bits per heavy atom. The number of carbonyl (C=O) groups is 3. The molecular weight excluding hydrogens is 631 g/mol. The van der Waals surface area contributed by atoms with Crippen LogP contribution in [0.1, 0.15) is 66.3 Å². The highest BCUT2D eigenvalue weighted by atomic mass is 19.1. The Balaban J connectivity index is 1.56. The van der Waals surface area contributed by atoms with Gasteiger partial charge in [0.05, 0.1) is 36.0 Å². The number of benzene rings is 3. The number of nitrogens with zero attached hydrogens (tertiary/aromatic N) is 2. The van der Waals surface area contributed by atoms with Crippen LogP contribution < -0.4 is 15.4 Å². The second kappa shape index (κ2) is 17.8. The first-order valence-electron chi connectivity index (χ1n) is 16.6. The number of carbonyl (C=O) groups excluding carboxylic acids is 2. The molecule has 0 bridgehead atoms. The van der Waals surface area contributed by atoms with Crippen molar-refractivity contribution < 1.29 is 38.5 Å². The average molecular weight is 679 g/mol. The van der Waals surface area contributed by atoms with Gasteiger partial charge in [-0.3, -0.25) is 9.69 Å². The molecule has 12 heteroatoms. The van der Waals surface area contributed by atoms with Crippen molar-refractivity contribution >= 4 is 29.3 Å². The number of nitrogens with one attached hydrogen (secondary N) is 2. The van der Waals surface area contributed by atoms with E-state index in [1.807, 2.05) is 20.9 Å². The van der Waals surface area contributed by atoms with Crippen LogP contribution in [0.25, 0.3) is 0 Å². The minimum absolute atomic E-state index is 0.135. The first-order chi connectivity index (χ1) is 23.4. The molecule has 4 N–H and O–H groups in total. The lowest BCUT2D eigenvalue weighted by Crippen LogP contribution is -2.47. The van der Waals surface area contributed by atoms with Gasteiger partial charge in [0, 0.05) is 43.5 Å². The highest BCUT2D eigenvalue weighted by Gasteiger charge is 2.30. The lowest BCUT2D eigenvalue weighted by molar-refractivity contribution is -0.0177. The molecule has 0 aromatic heterocycles. The third-order valence-electron chi connectivity index (χ3n) is 8.56. The summed E-state index contributed by atoms with van der Waals surface area (Å²) in [5.41, 5.74) is 2.20. The number of urea groups is 1. The summed E-state index contributed by atoms with van der Waals surface area (Å²) in [5.74, 6) is -1.51. The Hall–Kier alpha value is -4.52. The number of rotatable bonds is 9. The van der Waals surface area contributed by atoms with Crippen LogP contribution in [0, 0.1) is 11.7 Å². The number of aromatic carboxylic acids is 1. The largest absolute Gasteiger partial charge is 0.490 e. The molecular formula is C37H47FN4O7. The van der Waals surface area contributed by atoms with Crippen LogP contribution in [-0.2, 0) is 11.3 Å². The van der Waals surface area contributed by atoms with Crippen molar-refractivity contribution in [1.82, 2.24) is 9.80 Å². The number of aliphatic hydroxyl groups excluding tert-OH is 1. The molecule has 0 spiro atoms. The molecule has 264 valence electrons. The minimum atomic E-state index is -0.971. The van der Waals surface area contributed by atoms with E-state index in [4.69, 9.17) is 9.47 Å². The van der Waals surface area contributed by atoms with E-state index in [2.05, 4.69) is 15.5 Å². The Morgan fingerprint density at radius 3 is 2.37 bits per heavy atom. The predicted molar refractivity (Wildman–Crippen MR) is 186 cm³/mol. The molecule has 0 saturated carbocycles. The molecule has 3 amide bonds. The molecule has 1 aliphatic heterocycles. The molecule has 3 aromatic carbocycles. The van der Waals surface area contributed by atoms with E-state index >= 15 is 0 Å². The van der Waals surface area contributed by atoms with Gasteiger partial charge in [0.1, 0.15) is 11.6 Å². The van der Waals surface area contributed by atoms with Crippen LogP contribution in [0.5, 0.6) is 5.75 Å². The third kappa shape index (κ3) is 11.0. The van der Waals surface area contributed by atoms with Crippen molar-refractivity contribution in [2.45, 2.75) is 64.8 Å². The first kappa shape index (κ1) is 37.3. The van der Waals surface area contributed by atoms with Crippen LogP contribution in [0.3, 0.4) is 0 Å². The van der Waals surface area contributed by atoms with Crippen LogP contribution in [0.15, 0.2) is 66.7 Å². The van der Waals surface area contributed by atoms with Gasteiger partial charge in [-0.15, -0.1) is 0 Å². The van der Waals surface area contributed by atoms with Crippen molar-refractivity contribution in [3.8, 4) is 5.75 Å². The Labute approximate surface area is 287 Å². The summed E-state index contributed by atoms with van der Waals surface area (Å²) in [6, 6.07) is 16.0. The summed E-state index contributed by atoms with van der Waals surface area (Å²) in [4.78, 5) is 42.1. The summed E-state index contributed by atoms with van der Waals surface area (Å²) in [6.07, 6.45) is 1.97. The molecule has 0 fully saturated rings. The van der Waals surface area contributed by atoms with Crippen molar-refractivity contribution in [3.05, 3.63) is 89.2 Å². The number of fused-ring (bicyclic) bond motifs is 1. The van der Waals surface area contributed by atoms with E-state index in [9.17, 15) is 29.0 Å². The van der Waals surface area contributed by atoms with Gasteiger partial charge in [0.25, 0.3) is 5.91 Å². The number of amides is 3. The maximum atomic E-state index is 14.3. The molecule has 1 heterocycles. The Bertz CT molecular complexity index is 1550. The second-order valence-electron chi connectivity index (χ2n) is 12.8. The van der Waals surface area contributed by atoms with Gasteiger partial charge >= 0.3 is 12.0 Å². The maximum absolute atomic E-state index is 14.3. The third-order valence-corrected chi connectivity index (χ3v) is 8.56. The fourth-order valence-electron chi connectivity index (χ4n) is 5.73. The molecule has 1 aliphatic rings. The summed E-state index contributed by atoms with van der Waals surface area (Å²) in [6.45, 7) is 7.44. The van der Waals surface area contributed by atoms with Crippen molar-refractivity contribution in [3.63, 3.8) is 0 Å². The van der Waals surface area contributed by atoms with Gasteiger partial charge in [0.15, 0.2) is 0 Å². The number of likely N-dealkylation sites (N-methyl/N-ethyl adjacent to an activating group) is 1. The van der Waals surface area contributed by atoms with Crippen LogP contribution in [0.4, 0.5) is 20.6 Å². The number of carboxylic acid groups (broad SMARTS) is 1. The van der Waals surface area contributed by atoms with Crippen molar-refractivity contribution in [2.75, 3.05) is 44.0 Å². The number of aliphatic hydroxyl groups is 1. The van der Waals surface area contributed by atoms with Crippen LogP contribution in [0.2, 0.25) is 0 Å². The number of halogens is 1. The number of anilines is 2. The monoisotopic (exact) mass is 678 g/mol. The van der Waals surface area contributed by atoms with E-state index in [1.165, 1.54) is 24.3 Å². The van der Waals surface area contributed by atoms with Gasteiger partial charge in [-0.05, 0) is 100 Å². The SMILES string of the molecule is C[C@@H]1CN([C@H](C)CO)C(=O)c2cc(NC(=O)Nc3ccc(F)cc3)ccc2O[C@@H](C)CCCCO[C@H]1CN(C)Cc1ccc(C(=O)O)cc1. The number of carboxylic acids is 1. The molecule has 11 nitrogen and oxygen atoms in total. The molecule has 3 aromatic rings. The minimum Gasteiger partial charge on any atom is -0.490 e. The van der Waals surface area contributed by atoms with Crippen molar-refractivity contribution in [2.24, 2.45) is 5.92 Å². The van der Waals surface area contributed by atoms with E-state index in [1.54, 1.807) is 54.3 Å². The van der Waals surface area contributed by atoms with Crippen LogP contribution >= 0.6 is 0 Å². The van der Waals surface area contributed by atoms with E-state index < -0.39 is 23.9 Å². The normalized spacial score (nSPS) is 19.7. The number of ether oxygens (including phenoxy) is 2. The zero-order valence-electron chi connectivity index (χ0n) is 28.5. The topological polar surface area (TPSA) is 141 Å². The van der Waals surface area contributed by atoms with Gasteiger partial charge in [-0.2, -0.15) is 0 Å². The molecule has 4 rings (SSSR count). The fourth-order valence-corrected chi connectivity index (χ4v) is 5.73. The highest BCUT2D eigenvalue weighted by Crippen LogP contribution is 2.29. The Morgan fingerprint density at radius 1 is 1.02 bits per heavy atom. The number of hydrogen-bond donors (Lipinski definition) is 4. The summed E-state index contributed by atoms with van der Waals surface area (Å²) >= 11 is 0. The first-order valence-corrected chi connectivity index (χ1v) is 16.6. The fraction of sp³-hybridized carbons (Fsp3) is 0.432. The zero-order valence-corrected chi connectivity index (χ0v) is 28.5. The van der Waals surface area contributed by atoms with Gasteiger partial charge < -0.3 is 35.2 Å². The maximum Gasteiger partial charge on any atom is 0.335 e. The zero-order chi connectivity index (χ0) is 35.5. The van der Waals surface area contributed by atoms with Crippen molar-refractivity contribution in [1.29, 1.82) is 0 Å². The second-order valence-corrected chi connectivity index (χ2v) is 12.8. The Kier molecular flexibility index (Phi) is 13.5. The number of hydrogen-bond acceptors (Lipinski definition) is 7. The molecule has 4 atom stereocenters. The summed E-state index contributed by atoms with van der Waals surface area (Å²) in [5, 5.41) is 24.8. The van der Waals surface area contributed by atoms with E-state index in [0.717, 1.165) is 24.8 Å². The quantitative estimate of drug-likeness (QED) is 0.213. The lowest BCUT2D eigenvalue weighted by Gasteiger charge is -2.36. The summed E-state index contributed by atoms with van der Waals surface area (Å²) in [7, 11) is 1.97. The molecule has 49 heavy (non-hydrogen) atoms. The standard InChI is InChI=1S/C37H47FN4O7/c1-24-20-42(25(2)23-43)35(44)32-19-31(40-37(47)39-30-14-12-29(38)13-15-30)16-17-33(32)49-26(3)7-5-6-18-48-34(24)22-41(4)21-27-8-10-28(11-9-27)36(45)46/h8-17,19,24-26,34,43H,5-7,18,20-23H2,1-4H3,(H,45,46)(H2,39,40,47)/t24-,25-,26+,34+/m1/s1. The van der Waals surface area contributed by atoms with E-state index in [0.29, 0.717) is 36.8 Å². The molecule has 0 aliphatic carbocycles. The van der Waals surface area contributed by atoms with Gasteiger partial charge in [0.2, 0.25) is 0 Å². The van der Waals surface area contributed by atoms with Gasteiger partial charge in [-0.25, -0.2) is 14.0 Å². The van der Waals surface area contributed by atoms with Gasteiger partial charge in [-0.1, -0.05) is 19.1 Å². The van der Waals surface area contributed by atoms with E-state index in [-0.39, 0.29) is 48.3 Å². The predicted octanol–water partition coefficient (Wildman–Crippen LogP) is 6.10. The molecule has 0 unspecified atom stereocenters.